The molecule has 0 heterocycles. The lowest BCUT2D eigenvalue weighted by Gasteiger charge is -2.05. The molecule has 64 valence electrons. The zero-order chi connectivity index (χ0) is 8.85. The Labute approximate surface area is 63.6 Å². The van der Waals surface area contributed by atoms with Crippen molar-refractivity contribution < 1.29 is 24.5 Å². The van der Waals surface area contributed by atoms with Crippen molar-refractivity contribution in [2.45, 2.75) is 19.4 Å². The molecule has 0 aromatic carbocycles. The van der Waals surface area contributed by atoms with E-state index in [1.54, 1.807) is 6.92 Å². The third-order valence-corrected chi connectivity index (χ3v) is 0.927. The van der Waals surface area contributed by atoms with E-state index in [1.165, 1.54) is 0 Å². The lowest BCUT2D eigenvalue weighted by atomic mass is 10.2. The second-order valence-corrected chi connectivity index (χ2v) is 1.87. The molecule has 0 saturated heterocycles. The molecule has 0 aliphatic carbocycles. The first-order valence-corrected chi connectivity index (χ1v) is 3.14. The third-order valence-electron chi connectivity index (χ3n) is 0.927. The van der Waals surface area contributed by atoms with E-state index in [2.05, 4.69) is 4.74 Å². The number of carbonyl (C=O) groups excluding carboxylic acids is 1. The van der Waals surface area contributed by atoms with Gasteiger partial charge in [-0.05, 0) is 6.92 Å². The number of carbonyl (C=O) groups is 2. The van der Waals surface area contributed by atoms with Crippen molar-refractivity contribution in [3.05, 3.63) is 0 Å². The molecule has 0 radical (unpaired) electrons. The fourth-order valence-electron chi connectivity index (χ4n) is 0.487. The number of hydrogen-bond donors (Lipinski definition) is 2. The Hall–Kier alpha value is -1.10. The van der Waals surface area contributed by atoms with Crippen molar-refractivity contribution in [2.75, 3.05) is 6.61 Å². The molecule has 2 N–H and O–H groups in total. The van der Waals surface area contributed by atoms with Gasteiger partial charge in [0.2, 0.25) is 0 Å². The molecule has 0 spiro atoms. The van der Waals surface area contributed by atoms with E-state index in [-0.39, 0.29) is 6.61 Å². The molecular weight excluding hydrogens is 152 g/mol. The molecule has 0 aliphatic rings. The Morgan fingerprint density at radius 2 is 2.09 bits per heavy atom. The number of esters is 1. The molecule has 0 aromatic heterocycles. The number of carboxylic acids is 1. The summed E-state index contributed by atoms with van der Waals surface area (Å²) < 4.78 is 4.35. The highest BCUT2D eigenvalue weighted by molar-refractivity contribution is 5.80. The summed E-state index contributed by atoms with van der Waals surface area (Å²) in [4.78, 5) is 20.5. The monoisotopic (exact) mass is 162 g/mol. The van der Waals surface area contributed by atoms with E-state index in [1.807, 2.05) is 0 Å². The molecule has 0 fully saturated rings. The van der Waals surface area contributed by atoms with Crippen LogP contribution in [0.5, 0.6) is 0 Å². The van der Waals surface area contributed by atoms with Gasteiger partial charge in [0.1, 0.15) is 0 Å². The number of carboxylic acid groups (broad SMARTS) is 1. The van der Waals surface area contributed by atoms with Crippen molar-refractivity contribution in [3.8, 4) is 0 Å². The zero-order valence-corrected chi connectivity index (χ0v) is 6.11. The Balaban J connectivity index is 3.73. The maximum atomic E-state index is 10.5. The van der Waals surface area contributed by atoms with Gasteiger partial charge < -0.3 is 14.9 Å². The van der Waals surface area contributed by atoms with Crippen LogP contribution in [0.25, 0.3) is 0 Å². The van der Waals surface area contributed by atoms with Gasteiger partial charge in [-0.15, -0.1) is 0 Å². The largest absolute Gasteiger partial charge is 0.481 e. The van der Waals surface area contributed by atoms with Crippen LogP contribution in [0.15, 0.2) is 0 Å². The summed E-state index contributed by atoms with van der Waals surface area (Å²) >= 11 is 0. The molecule has 11 heavy (non-hydrogen) atoms. The number of hydrogen-bond acceptors (Lipinski definition) is 4. The maximum absolute atomic E-state index is 10.5. The minimum absolute atomic E-state index is 0.134. The van der Waals surface area contributed by atoms with Crippen LogP contribution in [0.2, 0.25) is 0 Å². The summed E-state index contributed by atoms with van der Waals surface area (Å²) in [6.45, 7) is 1.71. The minimum atomic E-state index is -1.55. The SMILES string of the molecule is CCOC(=O)[C@@H](O)CC(=O)O. The fraction of sp³-hybridized carbons (Fsp3) is 0.667. The van der Waals surface area contributed by atoms with Crippen LogP contribution in [0.3, 0.4) is 0 Å². The van der Waals surface area contributed by atoms with Crippen LogP contribution in [0.1, 0.15) is 13.3 Å². The number of rotatable bonds is 4. The quantitative estimate of drug-likeness (QED) is 0.538. The fourth-order valence-corrected chi connectivity index (χ4v) is 0.487. The number of aliphatic hydroxyl groups excluding tert-OH is 1. The maximum Gasteiger partial charge on any atom is 0.335 e. The Morgan fingerprint density at radius 3 is 2.45 bits per heavy atom. The van der Waals surface area contributed by atoms with Gasteiger partial charge >= 0.3 is 11.9 Å². The van der Waals surface area contributed by atoms with Gasteiger partial charge in [-0.2, -0.15) is 0 Å². The first-order valence-electron chi connectivity index (χ1n) is 3.14. The van der Waals surface area contributed by atoms with Crippen LogP contribution in [0, 0.1) is 0 Å². The summed E-state index contributed by atoms with van der Waals surface area (Å²) in [5, 5.41) is 16.9. The van der Waals surface area contributed by atoms with Crippen LogP contribution in [-0.2, 0) is 14.3 Å². The second kappa shape index (κ2) is 4.68. The van der Waals surface area contributed by atoms with Crippen LogP contribution in [-0.4, -0.2) is 34.9 Å². The van der Waals surface area contributed by atoms with Crippen molar-refractivity contribution >= 4 is 11.9 Å². The molecule has 0 amide bonds. The van der Waals surface area contributed by atoms with Gasteiger partial charge in [0, 0.05) is 0 Å². The summed E-state index contributed by atoms with van der Waals surface area (Å²) in [5.74, 6) is -2.12. The third kappa shape index (κ3) is 4.32. The Bertz CT molecular complexity index is 153. The average Bonchev–Trinajstić information content (AvgIpc) is 1.86. The van der Waals surface area contributed by atoms with Crippen molar-refractivity contribution in [1.29, 1.82) is 0 Å². The highest BCUT2D eigenvalue weighted by atomic mass is 16.5. The van der Waals surface area contributed by atoms with Gasteiger partial charge in [0.05, 0.1) is 13.0 Å². The predicted octanol–water partition coefficient (Wildman–Crippen LogP) is -0.615. The lowest BCUT2D eigenvalue weighted by Crippen LogP contribution is -2.25. The van der Waals surface area contributed by atoms with E-state index in [9.17, 15) is 9.59 Å². The van der Waals surface area contributed by atoms with Gasteiger partial charge in [-0.1, -0.05) is 0 Å². The summed E-state index contributed by atoms with van der Waals surface area (Å²) in [6.07, 6.45) is -2.16. The van der Waals surface area contributed by atoms with Gasteiger partial charge in [0.25, 0.3) is 0 Å². The Morgan fingerprint density at radius 1 is 1.55 bits per heavy atom. The van der Waals surface area contributed by atoms with E-state index >= 15 is 0 Å². The summed E-state index contributed by atoms with van der Waals surface area (Å²) in [7, 11) is 0. The molecule has 5 heteroatoms. The van der Waals surface area contributed by atoms with E-state index in [4.69, 9.17) is 10.2 Å². The van der Waals surface area contributed by atoms with Gasteiger partial charge in [-0.3, -0.25) is 4.79 Å². The first-order chi connectivity index (χ1) is 5.07. The summed E-state index contributed by atoms with van der Waals surface area (Å²) in [5.41, 5.74) is 0. The topological polar surface area (TPSA) is 83.8 Å². The highest BCUT2D eigenvalue weighted by Crippen LogP contribution is 1.94. The molecule has 1 atom stereocenters. The van der Waals surface area contributed by atoms with E-state index in [0.29, 0.717) is 0 Å². The second-order valence-electron chi connectivity index (χ2n) is 1.87. The standard InChI is InChI=1S/C6H10O5/c1-2-11-6(10)4(7)3-5(8)9/h4,7H,2-3H2,1H3,(H,8,9)/t4-/m0/s1. The van der Waals surface area contributed by atoms with Crippen LogP contribution in [0.4, 0.5) is 0 Å². The number of aliphatic hydroxyl groups is 1. The van der Waals surface area contributed by atoms with Crippen molar-refractivity contribution in [2.24, 2.45) is 0 Å². The van der Waals surface area contributed by atoms with E-state index in [0.717, 1.165) is 0 Å². The minimum Gasteiger partial charge on any atom is -0.481 e. The molecule has 5 nitrogen and oxygen atoms in total. The van der Waals surface area contributed by atoms with E-state index < -0.39 is 24.5 Å². The van der Waals surface area contributed by atoms with Gasteiger partial charge in [0.15, 0.2) is 6.10 Å². The molecule has 0 rings (SSSR count). The summed E-state index contributed by atoms with van der Waals surface area (Å²) in [6, 6.07) is 0. The van der Waals surface area contributed by atoms with Crippen molar-refractivity contribution in [1.82, 2.24) is 0 Å². The molecule has 0 aliphatic heterocycles. The molecule has 0 unspecified atom stereocenters. The highest BCUT2D eigenvalue weighted by Gasteiger charge is 2.18. The zero-order valence-electron chi connectivity index (χ0n) is 6.11. The molecule has 0 saturated carbocycles. The predicted molar refractivity (Wildman–Crippen MR) is 34.9 cm³/mol. The molecule has 0 bridgehead atoms. The van der Waals surface area contributed by atoms with Crippen molar-refractivity contribution in [3.63, 3.8) is 0 Å². The molecular formula is C6H10O5. The van der Waals surface area contributed by atoms with Gasteiger partial charge in [-0.25, -0.2) is 4.79 Å². The molecule has 0 aromatic rings. The van der Waals surface area contributed by atoms with Crippen LogP contribution < -0.4 is 0 Å². The number of ether oxygens (including phenoxy) is 1. The number of aliphatic carboxylic acids is 1. The Kier molecular flexibility index (Phi) is 4.21. The lowest BCUT2D eigenvalue weighted by molar-refractivity contribution is -0.157. The van der Waals surface area contributed by atoms with Crippen LogP contribution >= 0.6 is 0 Å². The smallest absolute Gasteiger partial charge is 0.335 e. The first kappa shape index (κ1) is 9.90. The normalized spacial score (nSPS) is 12.2. The average molecular weight is 162 g/mol.